The van der Waals surface area contributed by atoms with E-state index in [1.165, 1.54) is 0 Å². The van der Waals surface area contributed by atoms with Crippen LogP contribution in [0.4, 0.5) is 0 Å². The minimum absolute atomic E-state index is 0.0559. The molecule has 3 N–H and O–H groups in total. The Hall–Kier alpha value is -1.39. The number of methoxy groups -OCH3 is 1. The third-order valence-corrected chi connectivity index (χ3v) is 3.49. The van der Waals surface area contributed by atoms with Crippen molar-refractivity contribution in [1.82, 2.24) is 5.32 Å². The first-order valence-corrected chi connectivity index (χ1v) is 7.46. The van der Waals surface area contributed by atoms with Gasteiger partial charge < -0.3 is 15.8 Å². The summed E-state index contributed by atoms with van der Waals surface area (Å²) < 4.78 is 4.99. The summed E-state index contributed by atoms with van der Waals surface area (Å²) in [5.74, 6) is -0.102. The molecule has 2 atom stereocenters. The van der Waals surface area contributed by atoms with E-state index in [-0.39, 0.29) is 17.4 Å². The van der Waals surface area contributed by atoms with E-state index >= 15 is 0 Å². The quantitative estimate of drug-likeness (QED) is 0.759. The Morgan fingerprint density at radius 2 is 1.90 bits per heavy atom. The topological polar surface area (TPSA) is 64.3 Å². The summed E-state index contributed by atoms with van der Waals surface area (Å²) in [4.78, 5) is 12.3. The zero-order valence-electron chi connectivity index (χ0n) is 13.6. The zero-order valence-corrected chi connectivity index (χ0v) is 13.6. The van der Waals surface area contributed by atoms with E-state index in [0.29, 0.717) is 13.0 Å². The van der Waals surface area contributed by atoms with Crippen molar-refractivity contribution in [1.29, 1.82) is 0 Å². The van der Waals surface area contributed by atoms with Crippen LogP contribution in [-0.4, -0.2) is 25.7 Å². The van der Waals surface area contributed by atoms with Gasteiger partial charge in [-0.25, -0.2) is 0 Å². The highest BCUT2D eigenvalue weighted by atomic mass is 16.5. The number of nitrogens with one attached hydrogen (secondary N) is 1. The largest absolute Gasteiger partial charge is 0.385 e. The molecule has 0 aromatic heterocycles. The maximum Gasteiger partial charge on any atom is 0.237 e. The van der Waals surface area contributed by atoms with Gasteiger partial charge in [0.05, 0.1) is 12.1 Å². The molecule has 0 aliphatic heterocycles. The molecule has 0 aliphatic carbocycles. The fraction of sp³-hybridized carbons (Fsp3) is 0.588. The summed E-state index contributed by atoms with van der Waals surface area (Å²) in [6.07, 6.45) is 1.42. The lowest BCUT2D eigenvalue weighted by atomic mass is 9.82. The number of rotatable bonds is 7. The summed E-state index contributed by atoms with van der Waals surface area (Å²) >= 11 is 0. The predicted molar refractivity (Wildman–Crippen MR) is 85.9 cm³/mol. The molecule has 0 fully saturated rings. The lowest BCUT2D eigenvalue weighted by molar-refractivity contribution is -0.124. The van der Waals surface area contributed by atoms with Gasteiger partial charge in [0.25, 0.3) is 0 Å². The number of benzene rings is 1. The number of amides is 1. The molecular formula is C17H28N2O2. The van der Waals surface area contributed by atoms with Gasteiger partial charge in [0, 0.05) is 13.7 Å². The number of ether oxygens (including phenoxy) is 1. The second kappa shape index (κ2) is 8.15. The highest BCUT2D eigenvalue weighted by molar-refractivity contribution is 5.81. The van der Waals surface area contributed by atoms with Crippen molar-refractivity contribution in [3.63, 3.8) is 0 Å². The van der Waals surface area contributed by atoms with Crippen molar-refractivity contribution < 1.29 is 9.53 Å². The molecule has 0 heterocycles. The molecule has 1 amide bonds. The first-order valence-electron chi connectivity index (χ1n) is 7.46. The molecule has 118 valence electrons. The van der Waals surface area contributed by atoms with Crippen LogP contribution in [0.5, 0.6) is 0 Å². The third-order valence-electron chi connectivity index (χ3n) is 3.49. The minimum Gasteiger partial charge on any atom is -0.385 e. The monoisotopic (exact) mass is 292 g/mol. The smallest absolute Gasteiger partial charge is 0.237 e. The van der Waals surface area contributed by atoms with Crippen LogP contribution in [0.25, 0.3) is 0 Å². The van der Waals surface area contributed by atoms with Gasteiger partial charge in [-0.15, -0.1) is 0 Å². The van der Waals surface area contributed by atoms with E-state index < -0.39 is 6.04 Å². The maximum atomic E-state index is 12.3. The van der Waals surface area contributed by atoms with E-state index in [1.54, 1.807) is 7.11 Å². The Morgan fingerprint density at radius 1 is 1.29 bits per heavy atom. The van der Waals surface area contributed by atoms with Crippen LogP contribution in [0, 0.1) is 5.41 Å². The summed E-state index contributed by atoms with van der Waals surface area (Å²) in [7, 11) is 1.65. The lowest BCUT2D eigenvalue weighted by Crippen LogP contribution is -2.45. The van der Waals surface area contributed by atoms with Crippen LogP contribution >= 0.6 is 0 Å². The standard InChI is InChI=1S/C17H28N2O2/c1-17(2,3)15(13-9-6-5-7-10-13)19-16(20)14(18)11-8-12-21-4/h5-7,9-10,14-15H,8,11-12,18H2,1-4H3,(H,19,20). The summed E-state index contributed by atoms with van der Waals surface area (Å²) in [5.41, 5.74) is 6.98. The fourth-order valence-electron chi connectivity index (χ4n) is 2.27. The minimum atomic E-state index is -0.492. The van der Waals surface area contributed by atoms with Crippen molar-refractivity contribution in [2.75, 3.05) is 13.7 Å². The van der Waals surface area contributed by atoms with E-state index in [1.807, 2.05) is 30.3 Å². The van der Waals surface area contributed by atoms with E-state index in [0.717, 1.165) is 12.0 Å². The molecule has 0 saturated carbocycles. The van der Waals surface area contributed by atoms with Gasteiger partial charge in [-0.05, 0) is 23.8 Å². The van der Waals surface area contributed by atoms with E-state index in [2.05, 4.69) is 26.1 Å². The summed E-state index contributed by atoms with van der Waals surface area (Å²) in [6.45, 7) is 6.96. The molecule has 0 bridgehead atoms. The number of hydrogen-bond donors (Lipinski definition) is 2. The van der Waals surface area contributed by atoms with Gasteiger partial charge in [-0.1, -0.05) is 51.1 Å². The third kappa shape index (κ3) is 5.86. The van der Waals surface area contributed by atoms with Crippen molar-refractivity contribution in [3.8, 4) is 0 Å². The lowest BCUT2D eigenvalue weighted by Gasteiger charge is -2.32. The molecule has 1 aromatic rings. The number of carbonyl (C=O) groups excluding carboxylic acids is 1. The van der Waals surface area contributed by atoms with Gasteiger partial charge in [-0.3, -0.25) is 4.79 Å². The van der Waals surface area contributed by atoms with Crippen LogP contribution in [0.2, 0.25) is 0 Å². The molecule has 0 spiro atoms. The molecule has 0 saturated heterocycles. The number of hydrogen-bond acceptors (Lipinski definition) is 3. The second-order valence-electron chi connectivity index (χ2n) is 6.46. The molecule has 21 heavy (non-hydrogen) atoms. The average Bonchev–Trinajstić information content (AvgIpc) is 2.44. The van der Waals surface area contributed by atoms with E-state index in [9.17, 15) is 4.79 Å². The number of carbonyl (C=O) groups is 1. The SMILES string of the molecule is COCCCC(N)C(=O)NC(c1ccccc1)C(C)(C)C. The molecule has 4 heteroatoms. The normalized spacial score (nSPS) is 14.5. The molecule has 0 aliphatic rings. The van der Waals surface area contributed by atoms with Crippen LogP contribution in [0.15, 0.2) is 30.3 Å². The van der Waals surface area contributed by atoms with Gasteiger partial charge in [-0.2, -0.15) is 0 Å². The van der Waals surface area contributed by atoms with Gasteiger partial charge in [0.2, 0.25) is 5.91 Å². The highest BCUT2D eigenvalue weighted by Gasteiger charge is 2.29. The Kier molecular flexibility index (Phi) is 6.85. The summed E-state index contributed by atoms with van der Waals surface area (Å²) in [5, 5.41) is 3.10. The molecular weight excluding hydrogens is 264 g/mol. The zero-order chi connectivity index (χ0) is 15.9. The Balaban J connectivity index is 2.72. The maximum absolute atomic E-state index is 12.3. The first kappa shape index (κ1) is 17.7. The van der Waals surface area contributed by atoms with Crippen LogP contribution in [-0.2, 0) is 9.53 Å². The fourth-order valence-corrected chi connectivity index (χ4v) is 2.27. The Morgan fingerprint density at radius 3 is 2.43 bits per heavy atom. The van der Waals surface area contributed by atoms with Crippen molar-refractivity contribution >= 4 is 5.91 Å². The van der Waals surface area contributed by atoms with Gasteiger partial charge in [0.1, 0.15) is 0 Å². The highest BCUT2D eigenvalue weighted by Crippen LogP contribution is 2.32. The van der Waals surface area contributed by atoms with Crippen molar-refractivity contribution in [2.45, 2.75) is 45.7 Å². The Labute approximate surface area is 128 Å². The molecule has 1 rings (SSSR count). The molecule has 4 nitrogen and oxygen atoms in total. The van der Waals surface area contributed by atoms with Crippen molar-refractivity contribution in [2.24, 2.45) is 11.1 Å². The Bertz CT molecular complexity index is 426. The van der Waals surface area contributed by atoms with Crippen LogP contribution in [0.3, 0.4) is 0 Å². The van der Waals surface area contributed by atoms with E-state index in [4.69, 9.17) is 10.5 Å². The molecule has 1 aromatic carbocycles. The number of nitrogens with two attached hydrogens (primary N) is 1. The van der Waals surface area contributed by atoms with Crippen molar-refractivity contribution in [3.05, 3.63) is 35.9 Å². The molecule has 0 radical (unpaired) electrons. The predicted octanol–water partition coefficient (Wildman–Crippen LogP) is 2.64. The van der Waals surface area contributed by atoms with Gasteiger partial charge >= 0.3 is 0 Å². The van der Waals surface area contributed by atoms with Crippen LogP contribution in [0.1, 0.15) is 45.2 Å². The first-order chi connectivity index (χ1) is 9.86. The van der Waals surface area contributed by atoms with Crippen LogP contribution < -0.4 is 11.1 Å². The average molecular weight is 292 g/mol. The molecule has 2 unspecified atom stereocenters. The summed E-state index contributed by atoms with van der Waals surface area (Å²) in [6, 6.07) is 9.46. The second-order valence-corrected chi connectivity index (χ2v) is 6.46. The van der Waals surface area contributed by atoms with Gasteiger partial charge in [0.15, 0.2) is 0 Å².